The molecule has 0 aliphatic carbocycles. The van der Waals surface area contributed by atoms with Crippen molar-refractivity contribution in [3.63, 3.8) is 0 Å². The van der Waals surface area contributed by atoms with Crippen molar-refractivity contribution < 1.29 is 24.2 Å². The lowest BCUT2D eigenvalue weighted by atomic mass is 9.82. The Bertz CT molecular complexity index is 667. The maximum atomic E-state index is 12.4. The Morgan fingerprint density at radius 3 is 2.18 bits per heavy atom. The summed E-state index contributed by atoms with van der Waals surface area (Å²) in [7, 11) is 0. The number of benzene rings is 1. The minimum absolute atomic E-state index is 0.326. The third-order valence-corrected chi connectivity index (χ3v) is 3.92. The second kappa shape index (κ2) is 5.27. The molecule has 4 N–H and O–H groups in total. The first kappa shape index (κ1) is 14.3. The molecule has 0 aromatic heterocycles. The summed E-state index contributed by atoms with van der Waals surface area (Å²) < 4.78 is 5.45. The zero-order valence-electron chi connectivity index (χ0n) is 11.4. The second-order valence-electron chi connectivity index (χ2n) is 5.27. The van der Waals surface area contributed by atoms with E-state index in [9.17, 15) is 19.5 Å². The molecule has 1 aromatic carbocycles. The monoisotopic (exact) mass is 302 g/mol. The molecule has 2 bridgehead atoms. The maximum absolute atomic E-state index is 12.4. The average molecular weight is 302 g/mol. The van der Waals surface area contributed by atoms with Gasteiger partial charge in [-0.2, -0.15) is 0 Å². The van der Waals surface area contributed by atoms with Gasteiger partial charge in [-0.15, -0.1) is 0 Å². The Balaban J connectivity index is 1.75. The van der Waals surface area contributed by atoms with Crippen LogP contribution in [0.1, 0.15) is 10.4 Å². The molecule has 2 aliphatic rings. The molecule has 0 saturated carbocycles. The van der Waals surface area contributed by atoms with Gasteiger partial charge in [0.25, 0.3) is 0 Å². The fourth-order valence-corrected chi connectivity index (χ4v) is 2.86. The summed E-state index contributed by atoms with van der Waals surface area (Å²) in [5.41, 5.74) is 5.93. The zero-order chi connectivity index (χ0) is 15.9. The molecule has 7 heteroatoms. The van der Waals surface area contributed by atoms with Gasteiger partial charge in [0.15, 0.2) is 0 Å². The molecule has 114 valence electrons. The summed E-state index contributed by atoms with van der Waals surface area (Å²) >= 11 is 0. The lowest BCUT2D eigenvalue weighted by Gasteiger charge is -2.21. The summed E-state index contributed by atoms with van der Waals surface area (Å²) in [5.74, 6) is -3.70. The van der Waals surface area contributed by atoms with Crippen LogP contribution in [0.5, 0.6) is 0 Å². The molecule has 2 aliphatic heterocycles. The van der Waals surface area contributed by atoms with E-state index < -0.39 is 41.8 Å². The first-order valence-electron chi connectivity index (χ1n) is 6.74. The van der Waals surface area contributed by atoms with Crippen molar-refractivity contribution in [2.45, 2.75) is 12.2 Å². The lowest BCUT2D eigenvalue weighted by molar-refractivity contribution is -0.145. The number of fused-ring (bicyclic) bond motifs is 2. The molecular weight excluding hydrogens is 288 g/mol. The van der Waals surface area contributed by atoms with Crippen molar-refractivity contribution in [3.05, 3.63) is 42.0 Å². The number of carbonyl (C=O) groups is 3. The highest BCUT2D eigenvalue weighted by Gasteiger charge is 2.53. The van der Waals surface area contributed by atoms with E-state index in [1.165, 1.54) is 24.3 Å². The maximum Gasteiger partial charge on any atom is 0.310 e. The van der Waals surface area contributed by atoms with E-state index in [4.69, 9.17) is 10.5 Å². The molecule has 2 heterocycles. The van der Waals surface area contributed by atoms with Gasteiger partial charge in [-0.1, -0.05) is 12.2 Å². The third kappa shape index (κ3) is 2.35. The molecule has 22 heavy (non-hydrogen) atoms. The van der Waals surface area contributed by atoms with Crippen molar-refractivity contribution in [2.75, 3.05) is 5.32 Å². The number of ether oxygens (including phenoxy) is 1. The fourth-order valence-electron chi connectivity index (χ4n) is 2.86. The van der Waals surface area contributed by atoms with Gasteiger partial charge in [0.1, 0.15) is 5.92 Å². The topological polar surface area (TPSA) is 119 Å². The number of amides is 2. The van der Waals surface area contributed by atoms with Crippen molar-refractivity contribution in [3.8, 4) is 0 Å². The van der Waals surface area contributed by atoms with E-state index in [1.807, 2.05) is 0 Å². The van der Waals surface area contributed by atoms with Gasteiger partial charge in [-0.05, 0) is 24.3 Å². The molecular formula is C15H14N2O5. The van der Waals surface area contributed by atoms with Gasteiger partial charge >= 0.3 is 5.97 Å². The van der Waals surface area contributed by atoms with Gasteiger partial charge in [0, 0.05) is 11.3 Å². The quantitative estimate of drug-likeness (QED) is 0.695. The van der Waals surface area contributed by atoms with Gasteiger partial charge in [-0.25, -0.2) is 0 Å². The number of aliphatic carboxylic acids is 1. The number of nitrogens with two attached hydrogens (primary N) is 1. The van der Waals surface area contributed by atoms with Crippen LogP contribution in [0.2, 0.25) is 0 Å². The van der Waals surface area contributed by atoms with E-state index in [0.717, 1.165) is 0 Å². The summed E-state index contributed by atoms with van der Waals surface area (Å²) in [6, 6.07) is 6.06. The molecule has 1 saturated heterocycles. The standard InChI is InChI=1S/C15H14N2O5/c16-13(18)7-1-3-8(4-2-7)17-14(19)11-9-5-6-10(22-9)12(11)15(20)21/h1-6,9-12H,(H2,16,18)(H,17,19)(H,20,21)/t9-,10+,11-,12-/m0/s1. The molecule has 1 fully saturated rings. The Morgan fingerprint density at radius 1 is 1.05 bits per heavy atom. The molecule has 2 amide bonds. The molecule has 4 atom stereocenters. The van der Waals surface area contributed by atoms with Crippen molar-refractivity contribution in [2.24, 2.45) is 17.6 Å². The van der Waals surface area contributed by atoms with Crippen LogP contribution in [0.15, 0.2) is 36.4 Å². The highest BCUT2D eigenvalue weighted by Crippen LogP contribution is 2.39. The number of hydrogen-bond donors (Lipinski definition) is 3. The van der Waals surface area contributed by atoms with Crippen molar-refractivity contribution >= 4 is 23.5 Å². The van der Waals surface area contributed by atoms with Crippen molar-refractivity contribution in [1.29, 1.82) is 0 Å². The molecule has 0 unspecified atom stereocenters. The average Bonchev–Trinajstić information content (AvgIpc) is 3.08. The number of carboxylic acid groups (broad SMARTS) is 1. The number of hydrogen-bond acceptors (Lipinski definition) is 4. The lowest BCUT2D eigenvalue weighted by Crippen LogP contribution is -2.39. The van der Waals surface area contributed by atoms with E-state index in [1.54, 1.807) is 12.2 Å². The Kier molecular flexibility index (Phi) is 3.42. The number of carboxylic acids is 1. The number of nitrogens with one attached hydrogen (secondary N) is 1. The summed E-state index contributed by atoms with van der Waals surface area (Å²) in [6.07, 6.45) is 2.31. The molecule has 7 nitrogen and oxygen atoms in total. The van der Waals surface area contributed by atoms with Gasteiger partial charge in [0.2, 0.25) is 11.8 Å². The Hall–Kier alpha value is -2.67. The first-order valence-corrected chi connectivity index (χ1v) is 6.74. The van der Waals surface area contributed by atoms with Gasteiger partial charge < -0.3 is 20.9 Å². The van der Waals surface area contributed by atoms with Crippen LogP contribution in [0.25, 0.3) is 0 Å². The van der Waals surface area contributed by atoms with Crippen LogP contribution in [-0.4, -0.2) is 35.1 Å². The Morgan fingerprint density at radius 2 is 1.64 bits per heavy atom. The predicted molar refractivity (Wildman–Crippen MR) is 76.0 cm³/mol. The van der Waals surface area contributed by atoms with Crippen LogP contribution in [0, 0.1) is 11.8 Å². The van der Waals surface area contributed by atoms with Crippen LogP contribution >= 0.6 is 0 Å². The molecule has 0 radical (unpaired) electrons. The van der Waals surface area contributed by atoms with Crippen molar-refractivity contribution in [1.82, 2.24) is 0 Å². The van der Waals surface area contributed by atoms with E-state index in [2.05, 4.69) is 5.32 Å². The van der Waals surface area contributed by atoms with E-state index in [0.29, 0.717) is 11.3 Å². The van der Waals surface area contributed by atoms with E-state index >= 15 is 0 Å². The molecule has 3 rings (SSSR count). The van der Waals surface area contributed by atoms with E-state index in [-0.39, 0.29) is 0 Å². The van der Waals surface area contributed by atoms with Crippen LogP contribution < -0.4 is 11.1 Å². The summed E-state index contributed by atoms with van der Waals surface area (Å²) in [5, 5.41) is 11.9. The fraction of sp³-hybridized carbons (Fsp3) is 0.267. The first-order chi connectivity index (χ1) is 10.5. The molecule has 0 spiro atoms. The van der Waals surface area contributed by atoms with Crippen LogP contribution in [0.4, 0.5) is 5.69 Å². The summed E-state index contributed by atoms with van der Waals surface area (Å²) in [6.45, 7) is 0. The highest BCUT2D eigenvalue weighted by atomic mass is 16.5. The number of carbonyl (C=O) groups excluding carboxylic acids is 2. The number of primary amides is 1. The smallest absolute Gasteiger partial charge is 0.310 e. The zero-order valence-corrected chi connectivity index (χ0v) is 11.4. The minimum atomic E-state index is -1.05. The summed E-state index contributed by atoms with van der Waals surface area (Å²) in [4.78, 5) is 34.7. The number of rotatable bonds is 4. The van der Waals surface area contributed by atoms with Crippen LogP contribution in [0.3, 0.4) is 0 Å². The van der Waals surface area contributed by atoms with Crippen LogP contribution in [-0.2, 0) is 14.3 Å². The normalized spacial score (nSPS) is 28.5. The predicted octanol–water partition coefficient (Wildman–Crippen LogP) is 0.378. The van der Waals surface area contributed by atoms with Gasteiger partial charge in [-0.3, -0.25) is 14.4 Å². The molecule has 1 aromatic rings. The largest absolute Gasteiger partial charge is 0.481 e. The Labute approximate surface area is 125 Å². The highest BCUT2D eigenvalue weighted by molar-refractivity contribution is 5.97. The van der Waals surface area contributed by atoms with Gasteiger partial charge in [0.05, 0.1) is 18.1 Å². The third-order valence-electron chi connectivity index (χ3n) is 3.92. The second-order valence-corrected chi connectivity index (χ2v) is 5.27. The minimum Gasteiger partial charge on any atom is -0.481 e. The SMILES string of the molecule is NC(=O)c1ccc(NC(=O)[C@@H]2[C@@H](C(=O)O)[C@H]3C=C[C@@H]2O3)cc1. The number of anilines is 1.